The Morgan fingerprint density at radius 3 is 2.76 bits per heavy atom. The zero-order valence-corrected chi connectivity index (χ0v) is 21.3. The molecule has 0 radical (unpaired) electrons. The lowest BCUT2D eigenvalue weighted by Gasteiger charge is -2.23. The summed E-state index contributed by atoms with van der Waals surface area (Å²) < 4.78 is 51.2. The van der Waals surface area contributed by atoms with Gasteiger partial charge < -0.3 is 24.7 Å². The number of benzene rings is 2. The van der Waals surface area contributed by atoms with Crippen molar-refractivity contribution < 1.29 is 27.4 Å². The number of amides is 1. The number of alkyl halides is 3. The third-order valence-corrected chi connectivity index (χ3v) is 6.61. The van der Waals surface area contributed by atoms with Crippen molar-refractivity contribution in [2.75, 3.05) is 38.4 Å². The summed E-state index contributed by atoms with van der Waals surface area (Å²) in [6.07, 6.45) is -0.0157. The highest BCUT2D eigenvalue weighted by atomic mass is 32.2. The second-order valence-electron chi connectivity index (χ2n) is 8.46. The summed E-state index contributed by atoms with van der Waals surface area (Å²) in [5.74, 6) is 6.23. The van der Waals surface area contributed by atoms with Crippen molar-refractivity contribution in [3.63, 3.8) is 0 Å². The molecule has 2 aromatic carbocycles. The quantitative estimate of drug-likeness (QED) is 0.339. The maximum atomic E-state index is 13.1. The number of methoxy groups -OCH3 is 1. The number of carbonyl (C=O) groups is 1. The fourth-order valence-electron chi connectivity index (χ4n) is 4.06. The van der Waals surface area contributed by atoms with Crippen molar-refractivity contribution in [3.8, 4) is 17.6 Å². The summed E-state index contributed by atoms with van der Waals surface area (Å²) in [4.78, 5) is 18.3. The minimum Gasteiger partial charge on any atom is -0.495 e. The van der Waals surface area contributed by atoms with Gasteiger partial charge in [-0.2, -0.15) is 13.2 Å². The van der Waals surface area contributed by atoms with E-state index in [1.165, 1.54) is 6.07 Å². The first-order chi connectivity index (χ1) is 17.8. The Balaban J connectivity index is 1.60. The Morgan fingerprint density at radius 1 is 1.27 bits per heavy atom. The lowest BCUT2D eigenvalue weighted by atomic mass is 10.1. The van der Waals surface area contributed by atoms with Crippen molar-refractivity contribution >= 4 is 34.4 Å². The highest BCUT2D eigenvalue weighted by molar-refractivity contribution is 7.98. The van der Waals surface area contributed by atoms with E-state index in [1.54, 1.807) is 24.9 Å². The van der Waals surface area contributed by atoms with Crippen LogP contribution in [0.4, 0.5) is 18.9 Å². The monoisotopic (exact) mass is 532 g/mol. The van der Waals surface area contributed by atoms with Crippen molar-refractivity contribution in [3.05, 3.63) is 47.8 Å². The summed E-state index contributed by atoms with van der Waals surface area (Å²) >= 11 is 1.60. The molecule has 3 aromatic rings. The highest BCUT2D eigenvalue weighted by Gasteiger charge is 2.29. The van der Waals surface area contributed by atoms with Crippen LogP contribution < -0.4 is 15.4 Å². The average Bonchev–Trinajstić information content (AvgIpc) is 3.27. The van der Waals surface area contributed by atoms with E-state index in [1.807, 2.05) is 24.5 Å². The van der Waals surface area contributed by atoms with E-state index in [2.05, 4.69) is 27.5 Å². The zero-order valence-electron chi connectivity index (χ0n) is 20.4. The Hall–Kier alpha value is -3.36. The number of thioether (sulfide) groups is 1. The molecule has 0 unspecified atom stereocenters. The van der Waals surface area contributed by atoms with Gasteiger partial charge in [0.25, 0.3) is 5.91 Å². The Morgan fingerprint density at radius 2 is 2.05 bits per heavy atom. The van der Waals surface area contributed by atoms with Gasteiger partial charge in [-0.25, -0.2) is 4.98 Å². The van der Waals surface area contributed by atoms with Gasteiger partial charge in [0.05, 0.1) is 36.7 Å². The molecule has 0 aliphatic carbocycles. The van der Waals surface area contributed by atoms with Crippen LogP contribution in [0.3, 0.4) is 0 Å². The van der Waals surface area contributed by atoms with E-state index in [0.717, 1.165) is 21.5 Å². The average molecular weight is 533 g/mol. The van der Waals surface area contributed by atoms with E-state index >= 15 is 0 Å². The topological polar surface area (TPSA) is 77.4 Å². The molecule has 1 aromatic heterocycles. The van der Waals surface area contributed by atoms with Crippen molar-refractivity contribution in [1.82, 2.24) is 14.9 Å². The lowest BCUT2D eigenvalue weighted by molar-refractivity contribution is -0.139. The van der Waals surface area contributed by atoms with Gasteiger partial charge in [0.15, 0.2) is 0 Å². The van der Waals surface area contributed by atoms with Gasteiger partial charge in [0.1, 0.15) is 17.8 Å². The van der Waals surface area contributed by atoms with Crippen LogP contribution >= 0.6 is 11.8 Å². The van der Waals surface area contributed by atoms with Crippen LogP contribution in [0, 0.1) is 11.8 Å². The predicted octanol–water partition coefficient (Wildman–Crippen LogP) is 4.70. The van der Waals surface area contributed by atoms with Gasteiger partial charge >= 0.3 is 6.18 Å². The second kappa shape index (κ2) is 11.8. The van der Waals surface area contributed by atoms with Crippen LogP contribution in [0.25, 0.3) is 11.0 Å². The standard InChI is InChI=1S/C26H27F3N4O3S/c1-35-23-14-19(37-2)5-6-21(23)30-9-3-4-17-12-20(25(34)32-18-7-10-36-11-8-18)24-22(13-17)33(16-31-24)15-26(27,28)29/h5-6,12-14,16,18,30H,7-11,15H2,1-2H3,(H,32,34). The number of ether oxygens (including phenoxy) is 2. The Labute approximate surface area is 217 Å². The van der Waals surface area contributed by atoms with Crippen LogP contribution in [-0.2, 0) is 11.3 Å². The summed E-state index contributed by atoms with van der Waals surface area (Å²) in [6.45, 7) is 0.140. The molecule has 0 spiro atoms. The first-order valence-corrected chi connectivity index (χ1v) is 12.9. The molecule has 7 nitrogen and oxygen atoms in total. The SMILES string of the molecule is COc1cc(SC)ccc1NCC#Cc1cc(C(=O)NC2CCOCC2)c2ncn(CC(F)(F)F)c2c1. The maximum absolute atomic E-state index is 13.1. The zero-order chi connectivity index (χ0) is 26.4. The molecule has 37 heavy (non-hydrogen) atoms. The van der Waals surface area contributed by atoms with Gasteiger partial charge in [0.2, 0.25) is 0 Å². The van der Waals surface area contributed by atoms with Gasteiger partial charge in [-0.3, -0.25) is 4.79 Å². The summed E-state index contributed by atoms with van der Waals surface area (Å²) in [7, 11) is 1.59. The number of anilines is 1. The fraction of sp³-hybridized carbons (Fsp3) is 0.385. The maximum Gasteiger partial charge on any atom is 0.406 e. The molecule has 11 heteroatoms. The van der Waals surface area contributed by atoms with Gasteiger partial charge in [-0.05, 0) is 49.4 Å². The highest BCUT2D eigenvalue weighted by Crippen LogP contribution is 2.29. The molecule has 2 N–H and O–H groups in total. The van der Waals surface area contributed by atoms with Gasteiger partial charge in [-0.1, -0.05) is 11.8 Å². The number of imidazole rings is 1. The molecular weight excluding hydrogens is 505 g/mol. The molecule has 0 bridgehead atoms. The molecule has 1 saturated heterocycles. The van der Waals surface area contributed by atoms with Crippen molar-refractivity contribution in [2.45, 2.75) is 36.5 Å². The number of nitrogens with zero attached hydrogens (tertiary/aromatic N) is 2. The van der Waals surface area contributed by atoms with Gasteiger partial charge in [0, 0.05) is 29.7 Å². The smallest absolute Gasteiger partial charge is 0.406 e. The second-order valence-corrected chi connectivity index (χ2v) is 9.34. The van der Waals surface area contributed by atoms with Crippen LogP contribution in [0.2, 0.25) is 0 Å². The number of carbonyl (C=O) groups excluding carboxylic acids is 1. The first-order valence-electron chi connectivity index (χ1n) is 11.7. The fourth-order valence-corrected chi connectivity index (χ4v) is 4.49. The van der Waals surface area contributed by atoms with Gasteiger partial charge in [-0.15, -0.1) is 11.8 Å². The third-order valence-electron chi connectivity index (χ3n) is 5.88. The summed E-state index contributed by atoms with van der Waals surface area (Å²) in [5.41, 5.74) is 1.78. The number of nitrogens with one attached hydrogen (secondary N) is 2. The molecule has 0 saturated carbocycles. The molecular formula is C26H27F3N4O3S. The number of rotatable bonds is 7. The third kappa shape index (κ3) is 6.90. The molecule has 2 heterocycles. The van der Waals surface area contributed by atoms with E-state index in [9.17, 15) is 18.0 Å². The summed E-state index contributed by atoms with van der Waals surface area (Å²) in [5, 5.41) is 6.14. The molecule has 0 atom stereocenters. The van der Waals surface area contributed by atoms with E-state index in [0.29, 0.717) is 37.4 Å². The molecule has 1 aliphatic heterocycles. The number of hydrogen-bond donors (Lipinski definition) is 2. The van der Waals surface area contributed by atoms with Crippen LogP contribution in [-0.4, -0.2) is 60.8 Å². The van der Waals surface area contributed by atoms with Crippen LogP contribution in [0.15, 0.2) is 41.6 Å². The minimum absolute atomic E-state index is 0.0695. The first kappa shape index (κ1) is 26.7. The molecule has 1 amide bonds. The minimum atomic E-state index is -4.44. The van der Waals surface area contributed by atoms with E-state index < -0.39 is 18.6 Å². The van der Waals surface area contributed by atoms with Crippen LogP contribution in [0.1, 0.15) is 28.8 Å². The van der Waals surface area contributed by atoms with Crippen molar-refractivity contribution in [2.24, 2.45) is 0 Å². The Bertz CT molecular complexity index is 1320. The number of fused-ring (bicyclic) bond motifs is 1. The predicted molar refractivity (Wildman–Crippen MR) is 137 cm³/mol. The molecule has 196 valence electrons. The number of halogens is 3. The van der Waals surface area contributed by atoms with E-state index in [4.69, 9.17) is 9.47 Å². The molecule has 4 rings (SSSR count). The summed E-state index contributed by atoms with van der Waals surface area (Å²) in [6, 6.07) is 8.80. The van der Waals surface area contributed by atoms with E-state index in [-0.39, 0.29) is 29.2 Å². The lowest BCUT2D eigenvalue weighted by Crippen LogP contribution is -2.39. The van der Waals surface area contributed by atoms with Crippen LogP contribution in [0.5, 0.6) is 5.75 Å². The van der Waals surface area contributed by atoms with Crippen molar-refractivity contribution in [1.29, 1.82) is 0 Å². The normalized spacial score (nSPS) is 14.2. The molecule has 1 aliphatic rings. The Kier molecular flexibility index (Phi) is 8.51. The number of hydrogen-bond acceptors (Lipinski definition) is 6. The number of aromatic nitrogens is 2. The largest absolute Gasteiger partial charge is 0.495 e. The molecule has 1 fully saturated rings.